The van der Waals surface area contributed by atoms with Crippen molar-refractivity contribution < 1.29 is 0 Å². The van der Waals surface area contributed by atoms with Crippen molar-refractivity contribution in [1.29, 1.82) is 0 Å². The van der Waals surface area contributed by atoms with Crippen LogP contribution in [0.5, 0.6) is 0 Å². The number of hydrogen-bond donors (Lipinski definition) is 0. The van der Waals surface area contributed by atoms with Gasteiger partial charge in [-0.15, -0.1) is 0 Å². The largest absolute Gasteiger partial charge is 0.294 e. The van der Waals surface area contributed by atoms with Crippen LogP contribution in [0, 0.1) is 0 Å². The molecule has 0 atom stereocenters. The van der Waals surface area contributed by atoms with E-state index >= 15 is 0 Å². The summed E-state index contributed by atoms with van der Waals surface area (Å²) in [5.74, 6) is 2.29. The summed E-state index contributed by atoms with van der Waals surface area (Å²) in [6.07, 6.45) is 0. The number of aromatic nitrogens is 4. The third-order valence-corrected chi connectivity index (χ3v) is 9.78. The lowest BCUT2D eigenvalue weighted by molar-refractivity contribution is 0.994. The Morgan fingerprint density at radius 3 is 1.04 bits per heavy atom. The van der Waals surface area contributed by atoms with Crippen molar-refractivity contribution in [2.75, 3.05) is 0 Å². The molecule has 4 nitrogen and oxygen atoms in total. The highest BCUT2D eigenvalue weighted by Crippen LogP contribution is 2.41. The zero-order chi connectivity index (χ0) is 33.0. The molecule has 234 valence electrons. The number of benzene rings is 7. The van der Waals surface area contributed by atoms with E-state index in [1.807, 2.05) is 0 Å². The summed E-state index contributed by atoms with van der Waals surface area (Å²) in [5.41, 5.74) is 9.80. The Morgan fingerprint density at radius 1 is 0.320 bits per heavy atom. The summed E-state index contributed by atoms with van der Waals surface area (Å²) >= 11 is 0. The van der Waals surface area contributed by atoms with E-state index in [2.05, 4.69) is 191 Å². The summed E-state index contributed by atoms with van der Waals surface area (Å²) in [4.78, 5) is 11.1. The molecule has 3 aromatic heterocycles. The Labute approximate surface area is 289 Å². The maximum absolute atomic E-state index is 5.53. The van der Waals surface area contributed by atoms with Gasteiger partial charge in [-0.05, 0) is 46.5 Å². The van der Waals surface area contributed by atoms with Crippen LogP contribution >= 0.6 is 0 Å². The second-order valence-corrected chi connectivity index (χ2v) is 12.6. The lowest BCUT2D eigenvalue weighted by Crippen LogP contribution is -2.07. The number of fused-ring (bicyclic) bond motifs is 6. The van der Waals surface area contributed by atoms with Crippen LogP contribution < -0.4 is 0 Å². The highest BCUT2D eigenvalue weighted by atomic mass is 15.1. The molecule has 0 radical (unpaired) electrons. The van der Waals surface area contributed by atoms with Gasteiger partial charge in [-0.25, -0.2) is 9.97 Å². The Kier molecular flexibility index (Phi) is 6.46. The quantitative estimate of drug-likeness (QED) is 0.188. The predicted octanol–water partition coefficient (Wildman–Crippen LogP) is 11.7. The molecule has 10 aromatic rings. The Bertz CT molecular complexity index is 2570. The number of rotatable bonds is 5. The molecule has 0 aliphatic heterocycles. The lowest BCUT2D eigenvalue weighted by Gasteiger charge is -2.18. The van der Waals surface area contributed by atoms with Gasteiger partial charge in [0, 0.05) is 33.2 Å². The third kappa shape index (κ3) is 4.39. The highest BCUT2D eigenvalue weighted by Gasteiger charge is 2.22. The molecular formula is C46H30N4. The lowest BCUT2D eigenvalue weighted by atomic mass is 9.91. The standard InChI is InChI=1S/C46H30N4/c1-3-16-31(17-4-1)33-24-15-25-34(32-18-5-2-6-19-32)45(33)46-47-43(49-39-26-11-7-20-35(39)36-21-8-12-27-40(36)49)30-44(48-46)50-41-28-13-9-22-37(41)38-23-10-14-29-42(38)50/h1-30H. The van der Waals surface area contributed by atoms with E-state index in [-0.39, 0.29) is 0 Å². The second kappa shape index (κ2) is 11.4. The van der Waals surface area contributed by atoms with Crippen LogP contribution in [0.4, 0.5) is 0 Å². The second-order valence-electron chi connectivity index (χ2n) is 12.6. The normalized spacial score (nSPS) is 11.6. The fourth-order valence-corrected chi connectivity index (χ4v) is 7.61. The van der Waals surface area contributed by atoms with E-state index in [0.717, 1.165) is 61.5 Å². The van der Waals surface area contributed by atoms with E-state index in [1.165, 1.54) is 21.5 Å². The molecule has 3 heterocycles. The minimum absolute atomic E-state index is 0.666. The Morgan fingerprint density at radius 2 is 0.660 bits per heavy atom. The van der Waals surface area contributed by atoms with E-state index < -0.39 is 0 Å². The van der Waals surface area contributed by atoms with E-state index in [0.29, 0.717) is 5.82 Å². The van der Waals surface area contributed by atoms with Gasteiger partial charge in [0.1, 0.15) is 11.6 Å². The average molecular weight is 639 g/mol. The predicted molar refractivity (Wildman–Crippen MR) is 207 cm³/mol. The third-order valence-electron chi connectivity index (χ3n) is 9.78. The van der Waals surface area contributed by atoms with Gasteiger partial charge < -0.3 is 0 Å². The van der Waals surface area contributed by atoms with Gasteiger partial charge in [0.05, 0.1) is 22.1 Å². The molecule has 4 heteroatoms. The average Bonchev–Trinajstić information content (AvgIpc) is 3.71. The van der Waals surface area contributed by atoms with E-state index in [4.69, 9.17) is 9.97 Å². The van der Waals surface area contributed by atoms with Crippen molar-refractivity contribution in [2.45, 2.75) is 0 Å². The molecule has 0 N–H and O–H groups in total. The maximum Gasteiger partial charge on any atom is 0.165 e. The maximum atomic E-state index is 5.53. The molecule has 7 aromatic carbocycles. The van der Waals surface area contributed by atoms with E-state index in [1.54, 1.807) is 0 Å². The molecule has 0 unspecified atom stereocenters. The summed E-state index contributed by atoms with van der Waals surface area (Å²) in [6.45, 7) is 0. The number of para-hydroxylation sites is 4. The molecule has 0 saturated heterocycles. The minimum Gasteiger partial charge on any atom is -0.294 e. The van der Waals surface area contributed by atoms with Crippen LogP contribution in [0.25, 0.3) is 88.9 Å². The Balaban J connectivity index is 1.37. The van der Waals surface area contributed by atoms with Crippen LogP contribution in [-0.4, -0.2) is 19.1 Å². The van der Waals surface area contributed by atoms with Crippen LogP contribution in [0.15, 0.2) is 182 Å². The van der Waals surface area contributed by atoms with Crippen LogP contribution in [-0.2, 0) is 0 Å². The van der Waals surface area contributed by atoms with Gasteiger partial charge in [0.25, 0.3) is 0 Å². The Hall–Kier alpha value is -6.78. The first-order valence-corrected chi connectivity index (χ1v) is 16.9. The minimum atomic E-state index is 0.666. The molecule has 0 spiro atoms. The van der Waals surface area contributed by atoms with Crippen molar-refractivity contribution in [3.05, 3.63) is 182 Å². The fraction of sp³-hybridized carbons (Fsp3) is 0. The smallest absolute Gasteiger partial charge is 0.165 e. The summed E-state index contributed by atoms with van der Waals surface area (Å²) < 4.78 is 4.58. The van der Waals surface area contributed by atoms with Gasteiger partial charge in [-0.1, -0.05) is 152 Å². The number of hydrogen-bond acceptors (Lipinski definition) is 2. The monoisotopic (exact) mass is 638 g/mol. The van der Waals surface area contributed by atoms with Crippen molar-refractivity contribution >= 4 is 43.6 Å². The summed E-state index contributed by atoms with van der Waals surface area (Å²) in [7, 11) is 0. The molecule has 0 aliphatic carbocycles. The molecule has 50 heavy (non-hydrogen) atoms. The van der Waals surface area contributed by atoms with Gasteiger partial charge >= 0.3 is 0 Å². The van der Waals surface area contributed by atoms with E-state index in [9.17, 15) is 0 Å². The molecule has 0 amide bonds. The molecule has 0 bridgehead atoms. The first kappa shape index (κ1) is 28.3. The number of nitrogens with zero attached hydrogens (tertiary/aromatic N) is 4. The van der Waals surface area contributed by atoms with Crippen molar-refractivity contribution in [3.8, 4) is 45.3 Å². The molecule has 10 rings (SSSR count). The van der Waals surface area contributed by atoms with Crippen molar-refractivity contribution in [1.82, 2.24) is 19.1 Å². The zero-order valence-corrected chi connectivity index (χ0v) is 27.1. The van der Waals surface area contributed by atoms with Gasteiger partial charge in [0.15, 0.2) is 5.82 Å². The van der Waals surface area contributed by atoms with Crippen molar-refractivity contribution in [3.63, 3.8) is 0 Å². The molecule has 0 fully saturated rings. The van der Waals surface area contributed by atoms with Gasteiger partial charge in [0.2, 0.25) is 0 Å². The molecular weight excluding hydrogens is 609 g/mol. The van der Waals surface area contributed by atoms with Gasteiger partial charge in [-0.2, -0.15) is 0 Å². The first-order valence-electron chi connectivity index (χ1n) is 16.9. The van der Waals surface area contributed by atoms with Crippen molar-refractivity contribution in [2.24, 2.45) is 0 Å². The fourth-order valence-electron chi connectivity index (χ4n) is 7.61. The molecule has 0 aliphatic rings. The first-order chi connectivity index (χ1) is 24.8. The topological polar surface area (TPSA) is 35.6 Å². The van der Waals surface area contributed by atoms with Gasteiger partial charge in [-0.3, -0.25) is 9.13 Å². The zero-order valence-electron chi connectivity index (χ0n) is 27.1. The highest BCUT2D eigenvalue weighted by molar-refractivity contribution is 6.10. The molecule has 0 saturated carbocycles. The SMILES string of the molecule is c1ccc(-c2cccc(-c3ccccc3)c2-c2nc(-n3c4ccccc4c4ccccc43)cc(-n3c4ccccc4c4ccccc43)n2)cc1. The summed E-state index contributed by atoms with van der Waals surface area (Å²) in [6, 6.07) is 64.2. The summed E-state index contributed by atoms with van der Waals surface area (Å²) in [5, 5.41) is 4.76. The van der Waals surface area contributed by atoms with Crippen LogP contribution in [0.1, 0.15) is 0 Å². The van der Waals surface area contributed by atoms with Crippen LogP contribution in [0.2, 0.25) is 0 Å². The van der Waals surface area contributed by atoms with Crippen LogP contribution in [0.3, 0.4) is 0 Å².